The molecule has 0 N–H and O–H groups in total. The third kappa shape index (κ3) is 5.02. The van der Waals surface area contributed by atoms with Gasteiger partial charge in [-0.05, 0) is 113 Å². The maximum absolute atomic E-state index is 9.84. The largest absolute Gasteiger partial charge is 0.456 e. The van der Waals surface area contributed by atoms with Gasteiger partial charge in [-0.3, -0.25) is 0 Å². The average Bonchev–Trinajstić information content (AvgIpc) is 3.53. The van der Waals surface area contributed by atoms with Gasteiger partial charge in [-0.15, -0.1) is 0 Å². The Balaban J connectivity index is 1.22. The monoisotopic (exact) mass is 627 g/mol. The van der Waals surface area contributed by atoms with Crippen molar-refractivity contribution in [2.45, 2.75) is 0 Å². The smallest absolute Gasteiger partial charge is 0.136 e. The van der Waals surface area contributed by atoms with Crippen LogP contribution in [0.3, 0.4) is 0 Å². The molecule has 0 radical (unpaired) electrons. The first-order valence-corrected chi connectivity index (χ1v) is 16.3. The van der Waals surface area contributed by atoms with E-state index >= 15 is 0 Å². The molecule has 230 valence electrons. The Kier molecular flexibility index (Phi) is 6.81. The summed E-state index contributed by atoms with van der Waals surface area (Å²) < 4.78 is 6.19. The van der Waals surface area contributed by atoms with Gasteiger partial charge in [-0.1, -0.05) is 84.9 Å². The zero-order valence-electron chi connectivity index (χ0n) is 26.5. The highest BCUT2D eigenvalue weighted by Gasteiger charge is 2.18. The fourth-order valence-electron chi connectivity index (χ4n) is 6.94. The molecule has 0 unspecified atom stereocenters. The molecule has 1 heterocycles. The Labute approximate surface area is 283 Å². The molecule has 49 heavy (non-hydrogen) atoms. The van der Waals surface area contributed by atoms with E-state index in [0.29, 0.717) is 5.56 Å². The molecule has 4 heteroatoms. The minimum Gasteiger partial charge on any atom is -0.456 e. The fourth-order valence-corrected chi connectivity index (χ4v) is 6.94. The summed E-state index contributed by atoms with van der Waals surface area (Å²) in [5.41, 5.74) is 8.46. The van der Waals surface area contributed by atoms with Crippen LogP contribution in [-0.4, -0.2) is 0 Å². The molecule has 0 fully saturated rings. The zero-order valence-corrected chi connectivity index (χ0v) is 26.5. The predicted molar refractivity (Wildman–Crippen MR) is 203 cm³/mol. The summed E-state index contributed by atoms with van der Waals surface area (Å²) in [6, 6.07) is 63.1. The molecule has 9 aromatic rings. The van der Waals surface area contributed by atoms with Gasteiger partial charge in [0.05, 0.1) is 11.6 Å². The number of benzene rings is 8. The van der Waals surface area contributed by atoms with Crippen LogP contribution in [0, 0.1) is 11.3 Å². The van der Waals surface area contributed by atoms with Crippen molar-refractivity contribution in [2.75, 3.05) is 9.80 Å². The van der Waals surface area contributed by atoms with Gasteiger partial charge in [0.15, 0.2) is 0 Å². The summed E-state index contributed by atoms with van der Waals surface area (Å²) in [7, 11) is 0. The van der Waals surface area contributed by atoms with Crippen LogP contribution in [0.4, 0.5) is 34.1 Å². The number of para-hydroxylation sites is 3. The first kappa shape index (κ1) is 28.4. The highest BCUT2D eigenvalue weighted by atomic mass is 16.3. The molecular formula is C45H29N3O. The van der Waals surface area contributed by atoms with E-state index in [1.165, 1.54) is 10.8 Å². The van der Waals surface area contributed by atoms with Crippen molar-refractivity contribution in [1.29, 1.82) is 5.26 Å². The second kappa shape index (κ2) is 11.8. The molecule has 9 rings (SSSR count). The van der Waals surface area contributed by atoms with Crippen molar-refractivity contribution >= 4 is 77.6 Å². The number of hydrogen-bond acceptors (Lipinski definition) is 4. The van der Waals surface area contributed by atoms with E-state index in [1.807, 2.05) is 42.5 Å². The summed E-state index contributed by atoms with van der Waals surface area (Å²) >= 11 is 0. The average molecular weight is 628 g/mol. The van der Waals surface area contributed by atoms with Crippen molar-refractivity contribution in [3.05, 3.63) is 181 Å². The lowest BCUT2D eigenvalue weighted by molar-refractivity contribution is 0.669. The van der Waals surface area contributed by atoms with Crippen LogP contribution in [0.5, 0.6) is 0 Å². The molecule has 0 saturated heterocycles. The van der Waals surface area contributed by atoms with E-state index in [0.717, 1.165) is 66.8 Å². The second-order valence-corrected chi connectivity index (χ2v) is 12.2. The molecule has 0 bridgehead atoms. The van der Waals surface area contributed by atoms with Gasteiger partial charge in [0.25, 0.3) is 0 Å². The van der Waals surface area contributed by atoms with Crippen molar-refractivity contribution in [3.8, 4) is 6.07 Å². The van der Waals surface area contributed by atoms with Gasteiger partial charge < -0.3 is 14.2 Å². The first-order chi connectivity index (χ1) is 24.2. The molecule has 1 aromatic heterocycles. The molecule has 0 aliphatic rings. The van der Waals surface area contributed by atoms with E-state index in [9.17, 15) is 5.26 Å². The Hall–Kier alpha value is -6.83. The van der Waals surface area contributed by atoms with Gasteiger partial charge in [-0.25, -0.2) is 0 Å². The van der Waals surface area contributed by atoms with Gasteiger partial charge in [-0.2, -0.15) is 5.26 Å². The third-order valence-corrected chi connectivity index (χ3v) is 9.18. The highest BCUT2D eigenvalue weighted by Crippen LogP contribution is 2.42. The molecule has 8 aromatic carbocycles. The van der Waals surface area contributed by atoms with Crippen LogP contribution < -0.4 is 9.80 Å². The molecule has 0 aliphatic heterocycles. The SMILES string of the molecule is N#Cc1cccc(N(c2cccc(N(c3ccccc3)c3ccccc3)c2)c2ccc3c(ccc4cc5oc6ccccc6c5cc43)c2)c1. The van der Waals surface area contributed by atoms with Gasteiger partial charge in [0.2, 0.25) is 0 Å². The van der Waals surface area contributed by atoms with E-state index in [1.54, 1.807) is 0 Å². The van der Waals surface area contributed by atoms with Gasteiger partial charge >= 0.3 is 0 Å². The lowest BCUT2D eigenvalue weighted by Crippen LogP contribution is -2.13. The van der Waals surface area contributed by atoms with Gasteiger partial charge in [0.1, 0.15) is 11.2 Å². The fraction of sp³-hybridized carbons (Fsp3) is 0. The minimum absolute atomic E-state index is 0.608. The van der Waals surface area contributed by atoms with Crippen LogP contribution in [0.25, 0.3) is 43.5 Å². The summed E-state index contributed by atoms with van der Waals surface area (Å²) in [4.78, 5) is 4.50. The normalized spacial score (nSPS) is 11.2. The number of nitrogens with zero attached hydrogens (tertiary/aromatic N) is 3. The Morgan fingerprint density at radius 3 is 1.65 bits per heavy atom. The van der Waals surface area contributed by atoms with Crippen LogP contribution in [0.15, 0.2) is 180 Å². The van der Waals surface area contributed by atoms with Crippen LogP contribution in [-0.2, 0) is 0 Å². The topological polar surface area (TPSA) is 43.4 Å². The summed E-state index contributed by atoms with van der Waals surface area (Å²) in [5, 5.41) is 16.7. The minimum atomic E-state index is 0.608. The molecule has 0 spiro atoms. The van der Waals surface area contributed by atoms with Crippen molar-refractivity contribution in [1.82, 2.24) is 0 Å². The number of anilines is 6. The lowest BCUT2D eigenvalue weighted by atomic mass is 9.99. The van der Waals surface area contributed by atoms with E-state index in [-0.39, 0.29) is 0 Å². The van der Waals surface area contributed by atoms with E-state index in [4.69, 9.17) is 4.42 Å². The Morgan fingerprint density at radius 1 is 0.367 bits per heavy atom. The van der Waals surface area contributed by atoms with Crippen molar-refractivity contribution < 1.29 is 4.42 Å². The Bertz CT molecular complexity index is 2650. The Morgan fingerprint density at radius 2 is 0.939 bits per heavy atom. The number of nitriles is 1. The van der Waals surface area contributed by atoms with E-state index in [2.05, 4.69) is 149 Å². The highest BCUT2D eigenvalue weighted by molar-refractivity contribution is 6.16. The number of rotatable bonds is 6. The zero-order chi connectivity index (χ0) is 32.7. The van der Waals surface area contributed by atoms with Crippen molar-refractivity contribution in [3.63, 3.8) is 0 Å². The summed E-state index contributed by atoms with van der Waals surface area (Å²) in [6.07, 6.45) is 0. The standard InChI is InChI=1S/C45H29N3O/c46-30-31-11-9-16-36(25-31)48(38-18-10-17-37(28-38)47(34-12-3-1-4-13-34)35-14-5-2-6-15-35)39-23-24-40-32(26-39)21-22-33-27-45-43(29-42(33)40)41-19-7-8-20-44(41)49-45/h1-29H. The third-order valence-electron chi connectivity index (χ3n) is 9.18. The lowest BCUT2D eigenvalue weighted by Gasteiger charge is -2.29. The molecule has 0 atom stereocenters. The predicted octanol–water partition coefficient (Wildman–Crippen LogP) is 12.7. The van der Waals surface area contributed by atoms with E-state index < -0.39 is 0 Å². The first-order valence-electron chi connectivity index (χ1n) is 16.3. The van der Waals surface area contributed by atoms with Gasteiger partial charge in [0, 0.05) is 44.9 Å². The van der Waals surface area contributed by atoms with Crippen LogP contribution in [0.2, 0.25) is 0 Å². The number of fused-ring (bicyclic) bond motifs is 6. The molecule has 4 nitrogen and oxygen atoms in total. The second-order valence-electron chi connectivity index (χ2n) is 12.2. The van der Waals surface area contributed by atoms with Crippen LogP contribution in [0.1, 0.15) is 5.56 Å². The molecule has 0 aliphatic carbocycles. The molecule has 0 amide bonds. The maximum atomic E-state index is 9.84. The summed E-state index contributed by atoms with van der Waals surface area (Å²) in [5.74, 6) is 0. The molecule has 0 saturated carbocycles. The van der Waals surface area contributed by atoms with Crippen molar-refractivity contribution in [2.24, 2.45) is 0 Å². The number of hydrogen-bond donors (Lipinski definition) is 0. The quantitative estimate of drug-likeness (QED) is 0.172. The number of furan rings is 1. The maximum Gasteiger partial charge on any atom is 0.136 e. The summed E-state index contributed by atoms with van der Waals surface area (Å²) in [6.45, 7) is 0. The van der Waals surface area contributed by atoms with Crippen LogP contribution >= 0.6 is 0 Å². The molecular weight excluding hydrogens is 599 g/mol.